The fraction of sp³-hybridized carbons (Fsp3) is 0.316. The van der Waals surface area contributed by atoms with E-state index in [1.807, 2.05) is 37.3 Å². The summed E-state index contributed by atoms with van der Waals surface area (Å²) in [5.41, 5.74) is 2.20. The van der Waals surface area contributed by atoms with Gasteiger partial charge in [0.2, 0.25) is 10.0 Å². The van der Waals surface area contributed by atoms with E-state index < -0.39 is 10.0 Å². The number of hydrogen-bond donors (Lipinski definition) is 1. The maximum absolute atomic E-state index is 12.8. The number of nitrogens with one attached hydrogen (secondary N) is 1. The summed E-state index contributed by atoms with van der Waals surface area (Å²) < 4.78 is 27.4. The van der Waals surface area contributed by atoms with Crippen molar-refractivity contribution in [1.29, 1.82) is 0 Å². The molecule has 1 saturated carbocycles. The van der Waals surface area contributed by atoms with Gasteiger partial charge in [-0.15, -0.1) is 0 Å². The predicted molar refractivity (Wildman–Crippen MR) is 96.8 cm³/mol. The average molecular weight is 358 g/mol. The second-order valence-electron chi connectivity index (χ2n) is 6.52. The van der Waals surface area contributed by atoms with Gasteiger partial charge in [0.15, 0.2) is 0 Å². The minimum Gasteiger partial charge on any atom is -0.337 e. The first-order valence-corrected chi connectivity index (χ1v) is 9.77. The zero-order valence-electron chi connectivity index (χ0n) is 14.4. The first kappa shape index (κ1) is 17.6. The van der Waals surface area contributed by atoms with E-state index in [2.05, 4.69) is 4.72 Å². The topological polar surface area (TPSA) is 66.5 Å². The number of hydrogen-bond acceptors (Lipinski definition) is 3. The maximum Gasteiger partial charge on any atom is 0.254 e. The van der Waals surface area contributed by atoms with Gasteiger partial charge in [0, 0.05) is 25.2 Å². The van der Waals surface area contributed by atoms with Gasteiger partial charge in [-0.25, -0.2) is 13.1 Å². The van der Waals surface area contributed by atoms with Gasteiger partial charge in [-0.3, -0.25) is 4.79 Å². The number of benzene rings is 2. The maximum atomic E-state index is 12.8. The van der Waals surface area contributed by atoms with Crippen molar-refractivity contribution in [3.05, 3.63) is 65.2 Å². The van der Waals surface area contributed by atoms with Crippen LogP contribution in [0, 0.1) is 6.92 Å². The Morgan fingerprint density at radius 2 is 1.84 bits per heavy atom. The smallest absolute Gasteiger partial charge is 0.254 e. The van der Waals surface area contributed by atoms with Gasteiger partial charge in [0.05, 0.1) is 4.90 Å². The minimum atomic E-state index is -3.58. The summed E-state index contributed by atoms with van der Waals surface area (Å²) >= 11 is 0. The van der Waals surface area contributed by atoms with Crippen LogP contribution in [0.5, 0.6) is 0 Å². The third-order valence-electron chi connectivity index (χ3n) is 4.26. The van der Waals surface area contributed by atoms with E-state index in [-0.39, 0.29) is 16.8 Å². The number of amides is 1. The molecule has 1 amide bonds. The Kier molecular flexibility index (Phi) is 4.92. The number of carbonyl (C=O) groups is 1. The van der Waals surface area contributed by atoms with Crippen molar-refractivity contribution in [2.45, 2.75) is 37.2 Å². The molecule has 0 aromatic heterocycles. The number of aryl methyl sites for hydroxylation is 1. The van der Waals surface area contributed by atoms with Crippen molar-refractivity contribution in [2.24, 2.45) is 0 Å². The van der Waals surface area contributed by atoms with Crippen LogP contribution in [-0.2, 0) is 16.6 Å². The largest absolute Gasteiger partial charge is 0.337 e. The molecule has 132 valence electrons. The summed E-state index contributed by atoms with van der Waals surface area (Å²) in [5, 5.41) is 0. The highest BCUT2D eigenvalue weighted by atomic mass is 32.2. The molecular formula is C19H22N2O3S. The summed E-state index contributed by atoms with van der Waals surface area (Å²) in [7, 11) is -1.85. The number of sulfonamides is 1. The van der Waals surface area contributed by atoms with Crippen molar-refractivity contribution in [2.75, 3.05) is 7.05 Å². The van der Waals surface area contributed by atoms with Crippen LogP contribution in [0.3, 0.4) is 0 Å². The lowest BCUT2D eigenvalue weighted by Crippen LogP contribution is -2.28. The lowest BCUT2D eigenvalue weighted by atomic mass is 10.1. The molecule has 0 heterocycles. The van der Waals surface area contributed by atoms with Crippen LogP contribution in [-0.4, -0.2) is 32.3 Å². The SMILES string of the molecule is Cc1ccc(S(=O)(=O)NC2CC2)cc1C(=O)N(C)Cc1ccccc1. The number of rotatable bonds is 6. The molecule has 0 spiro atoms. The van der Waals surface area contributed by atoms with Gasteiger partial charge in [0.25, 0.3) is 5.91 Å². The second kappa shape index (κ2) is 6.98. The highest BCUT2D eigenvalue weighted by Crippen LogP contribution is 2.23. The van der Waals surface area contributed by atoms with Gasteiger partial charge < -0.3 is 4.90 Å². The minimum absolute atomic E-state index is 0.0335. The number of nitrogens with zero attached hydrogens (tertiary/aromatic N) is 1. The Morgan fingerprint density at radius 3 is 2.48 bits per heavy atom. The molecule has 0 saturated heterocycles. The molecular weight excluding hydrogens is 336 g/mol. The van der Waals surface area contributed by atoms with Gasteiger partial charge in [0.1, 0.15) is 0 Å². The van der Waals surface area contributed by atoms with Crippen LogP contribution in [0.4, 0.5) is 0 Å². The summed E-state index contributed by atoms with van der Waals surface area (Å²) in [6.45, 7) is 2.28. The van der Waals surface area contributed by atoms with Crippen molar-refractivity contribution < 1.29 is 13.2 Å². The summed E-state index contributed by atoms with van der Waals surface area (Å²) in [4.78, 5) is 14.5. The van der Waals surface area contributed by atoms with Crippen molar-refractivity contribution in [1.82, 2.24) is 9.62 Å². The van der Waals surface area contributed by atoms with E-state index in [0.29, 0.717) is 12.1 Å². The van der Waals surface area contributed by atoms with Crippen LogP contribution < -0.4 is 4.72 Å². The molecule has 0 bridgehead atoms. The monoisotopic (exact) mass is 358 g/mol. The molecule has 25 heavy (non-hydrogen) atoms. The second-order valence-corrected chi connectivity index (χ2v) is 8.23. The van der Waals surface area contributed by atoms with Gasteiger partial charge in [-0.1, -0.05) is 36.4 Å². The standard InChI is InChI=1S/C19H22N2O3S/c1-14-8-11-17(25(23,24)20-16-9-10-16)12-18(14)19(22)21(2)13-15-6-4-3-5-7-15/h3-8,11-12,16,20H,9-10,13H2,1-2H3. The quantitative estimate of drug-likeness (QED) is 0.863. The Morgan fingerprint density at radius 1 is 1.16 bits per heavy atom. The zero-order valence-corrected chi connectivity index (χ0v) is 15.2. The Bertz CT molecular complexity index is 875. The third-order valence-corrected chi connectivity index (χ3v) is 5.78. The number of carbonyl (C=O) groups excluding carboxylic acids is 1. The van der Waals surface area contributed by atoms with Gasteiger partial charge >= 0.3 is 0 Å². The van der Waals surface area contributed by atoms with Crippen molar-refractivity contribution >= 4 is 15.9 Å². The molecule has 6 heteroatoms. The Balaban J connectivity index is 1.83. The molecule has 1 aliphatic rings. The first-order chi connectivity index (χ1) is 11.9. The van der Waals surface area contributed by atoms with Crippen LogP contribution in [0.25, 0.3) is 0 Å². The lowest BCUT2D eigenvalue weighted by Gasteiger charge is -2.19. The molecule has 5 nitrogen and oxygen atoms in total. The van der Waals surface area contributed by atoms with E-state index >= 15 is 0 Å². The van der Waals surface area contributed by atoms with Crippen LogP contribution in [0.2, 0.25) is 0 Å². The Labute approximate surface area is 148 Å². The molecule has 0 aliphatic heterocycles. The average Bonchev–Trinajstić information content (AvgIpc) is 3.38. The van der Waals surface area contributed by atoms with Gasteiger partial charge in [-0.2, -0.15) is 0 Å². The third kappa shape index (κ3) is 4.27. The highest BCUT2D eigenvalue weighted by Gasteiger charge is 2.28. The van der Waals surface area contributed by atoms with E-state index in [1.165, 1.54) is 6.07 Å². The van der Waals surface area contributed by atoms with Crippen LogP contribution in [0.1, 0.15) is 34.3 Å². The summed E-state index contributed by atoms with van der Waals surface area (Å²) in [6.07, 6.45) is 1.74. The molecule has 0 radical (unpaired) electrons. The molecule has 1 aliphatic carbocycles. The van der Waals surface area contributed by atoms with Crippen molar-refractivity contribution in [3.8, 4) is 0 Å². The predicted octanol–water partition coefficient (Wildman–Crippen LogP) is 2.71. The molecule has 1 N–H and O–H groups in total. The van der Waals surface area contributed by atoms with E-state index in [9.17, 15) is 13.2 Å². The summed E-state index contributed by atoms with van der Waals surface area (Å²) in [5.74, 6) is -0.190. The van der Waals surface area contributed by atoms with Crippen LogP contribution in [0.15, 0.2) is 53.4 Å². The van der Waals surface area contributed by atoms with Crippen LogP contribution >= 0.6 is 0 Å². The molecule has 2 aromatic carbocycles. The zero-order chi connectivity index (χ0) is 18.0. The Hall–Kier alpha value is -2.18. The molecule has 0 unspecified atom stereocenters. The highest BCUT2D eigenvalue weighted by molar-refractivity contribution is 7.89. The van der Waals surface area contributed by atoms with Crippen molar-refractivity contribution in [3.63, 3.8) is 0 Å². The first-order valence-electron chi connectivity index (χ1n) is 8.29. The fourth-order valence-corrected chi connectivity index (χ4v) is 3.95. The van der Waals surface area contributed by atoms with E-state index in [1.54, 1.807) is 24.1 Å². The molecule has 0 atom stereocenters. The van der Waals surface area contributed by atoms with E-state index in [0.717, 1.165) is 24.0 Å². The molecule has 1 fully saturated rings. The lowest BCUT2D eigenvalue weighted by molar-refractivity contribution is 0.0784. The molecule has 3 rings (SSSR count). The summed E-state index contributed by atoms with van der Waals surface area (Å²) in [6, 6.07) is 14.4. The van der Waals surface area contributed by atoms with E-state index in [4.69, 9.17) is 0 Å². The van der Waals surface area contributed by atoms with Gasteiger partial charge in [-0.05, 0) is 43.0 Å². The fourth-order valence-electron chi connectivity index (χ4n) is 2.62. The normalized spacial score (nSPS) is 14.3. The molecule has 2 aromatic rings.